The first-order valence-electron chi connectivity index (χ1n) is 32.7. The second-order valence-corrected chi connectivity index (χ2v) is 25.8. The predicted molar refractivity (Wildman–Crippen MR) is 380 cm³/mol. The Morgan fingerprint density at radius 3 is 1.92 bits per heavy atom. The van der Waals surface area contributed by atoms with Crippen molar-refractivity contribution in [3.05, 3.63) is 117 Å². The molecule has 0 spiro atoms. The van der Waals surface area contributed by atoms with Crippen LogP contribution in [0.5, 0.6) is 0 Å². The van der Waals surface area contributed by atoms with Crippen LogP contribution in [0.4, 0.5) is 17.3 Å². The molecule has 7 rings (SSSR count). The molecule has 40 heteroatoms. The third-order valence-electron chi connectivity index (χ3n) is 16.0. The number of fused-ring (bicyclic) bond motifs is 2. The summed E-state index contributed by atoms with van der Waals surface area (Å²) in [5.41, 5.74) is 16.9. The molecule has 7 atom stereocenters. The molecular weight excluding hydrogens is 1410 g/mol. The summed E-state index contributed by atoms with van der Waals surface area (Å²) in [6.45, 7) is 6.61. The van der Waals surface area contributed by atoms with Crippen molar-refractivity contribution >= 4 is 146 Å². The summed E-state index contributed by atoms with van der Waals surface area (Å²) in [4.78, 5) is 214. The average Bonchev–Trinajstić information content (AvgIpc) is 1.23. The number of aromatic nitrogens is 5. The molecule has 4 heterocycles. The molecule has 2 unspecified atom stereocenters. The van der Waals surface area contributed by atoms with Crippen LogP contribution in [0.1, 0.15) is 110 Å². The third kappa shape index (κ3) is 23.6. The number of nitrogens with one attached hydrogen (secondary N) is 13. The van der Waals surface area contributed by atoms with Crippen LogP contribution in [-0.2, 0) is 64.1 Å². The number of hydrogen-bond donors (Lipinski definition) is 19. The molecule has 21 N–H and O–H groups in total. The van der Waals surface area contributed by atoms with E-state index in [0.29, 0.717) is 40.1 Å². The molecule has 10 amide bonds. The molecule has 3 aromatic carbocycles. The molecule has 0 radical (unpaired) electrons. The van der Waals surface area contributed by atoms with Crippen molar-refractivity contribution in [1.29, 1.82) is 5.41 Å². The second-order valence-electron chi connectivity index (χ2n) is 24.5. The number of carboxylic acid groups (broad SMARTS) is 4. The van der Waals surface area contributed by atoms with E-state index in [1.54, 1.807) is 39.0 Å². The lowest BCUT2D eigenvalue weighted by Crippen LogP contribution is -2.58. The van der Waals surface area contributed by atoms with E-state index < -0.39 is 193 Å². The lowest BCUT2D eigenvalue weighted by Gasteiger charge is -2.25. The van der Waals surface area contributed by atoms with Gasteiger partial charge in [0.1, 0.15) is 36.3 Å². The molecule has 1 aliphatic rings. The van der Waals surface area contributed by atoms with E-state index in [1.165, 1.54) is 42.6 Å². The summed E-state index contributed by atoms with van der Waals surface area (Å²) in [5.74, 6) is -17.3. The van der Waals surface area contributed by atoms with Gasteiger partial charge in [0.05, 0.1) is 42.2 Å². The molecule has 0 saturated carbocycles. The van der Waals surface area contributed by atoms with Crippen LogP contribution < -0.4 is 70.3 Å². The number of benzene rings is 3. The highest BCUT2D eigenvalue weighted by Gasteiger charge is 2.41. The molecule has 562 valence electrons. The number of rotatable bonds is 38. The Morgan fingerprint density at radius 2 is 1.28 bits per heavy atom. The minimum Gasteiger partial charge on any atom is -0.481 e. The van der Waals surface area contributed by atoms with Crippen LogP contribution in [0, 0.1) is 18.3 Å². The van der Waals surface area contributed by atoms with Gasteiger partial charge in [0, 0.05) is 77.2 Å². The Kier molecular flexibility index (Phi) is 28.3. The van der Waals surface area contributed by atoms with E-state index in [1.807, 2.05) is 25.1 Å². The molecule has 39 nitrogen and oxygen atoms in total. The Balaban J connectivity index is 0.882. The number of amides is 10. The lowest BCUT2D eigenvalue weighted by atomic mass is 10.0. The van der Waals surface area contributed by atoms with Crippen LogP contribution in [0.3, 0.4) is 0 Å². The van der Waals surface area contributed by atoms with Gasteiger partial charge in [-0.1, -0.05) is 26.0 Å². The summed E-state index contributed by atoms with van der Waals surface area (Å²) in [5, 5.41) is 72.9. The topological polar surface area (TPSA) is 619 Å². The van der Waals surface area contributed by atoms with Gasteiger partial charge in [-0.25, -0.2) is 25.0 Å². The monoisotopic (exact) mass is 1490 g/mol. The van der Waals surface area contributed by atoms with Crippen molar-refractivity contribution in [2.45, 2.75) is 127 Å². The Bertz CT molecular complexity index is 4470. The van der Waals surface area contributed by atoms with Crippen molar-refractivity contribution in [3.63, 3.8) is 0 Å². The molecule has 6 aromatic rings. The number of likely N-dealkylation sites (tertiary alicyclic amines) is 1. The molecule has 0 aliphatic carbocycles. The maximum atomic E-state index is 14.0. The maximum Gasteiger partial charge on any atom is 0.327 e. The fourth-order valence-corrected chi connectivity index (χ4v) is 11.7. The van der Waals surface area contributed by atoms with Gasteiger partial charge in [-0.2, -0.15) is 10.1 Å². The number of carboxylic acids is 4. The van der Waals surface area contributed by atoms with Crippen molar-refractivity contribution in [2.24, 2.45) is 16.8 Å². The van der Waals surface area contributed by atoms with E-state index in [-0.39, 0.29) is 53.7 Å². The number of guanidine groups is 1. The van der Waals surface area contributed by atoms with Gasteiger partial charge in [-0.3, -0.25) is 77.6 Å². The predicted octanol–water partition coefficient (Wildman–Crippen LogP) is -0.919. The van der Waals surface area contributed by atoms with E-state index in [9.17, 15) is 92.3 Å². The highest BCUT2D eigenvalue weighted by molar-refractivity contribution is 8.00. The van der Waals surface area contributed by atoms with Crippen molar-refractivity contribution in [2.75, 3.05) is 35.2 Å². The summed E-state index contributed by atoms with van der Waals surface area (Å²) < 4.78 is 0. The molecule has 106 heavy (non-hydrogen) atoms. The van der Waals surface area contributed by atoms with Gasteiger partial charge in [0.15, 0.2) is 17.1 Å². The molecule has 0 bridgehead atoms. The second kappa shape index (κ2) is 37.3. The third-order valence-corrected chi connectivity index (χ3v) is 17.3. The first-order chi connectivity index (χ1) is 50.2. The minimum absolute atomic E-state index is 0.0116. The summed E-state index contributed by atoms with van der Waals surface area (Å²) in [7, 11) is 0. The quantitative estimate of drug-likeness (QED) is 0.00733. The zero-order chi connectivity index (χ0) is 77.6. The van der Waals surface area contributed by atoms with Gasteiger partial charge in [0.2, 0.25) is 53.2 Å². The highest BCUT2D eigenvalue weighted by atomic mass is 32.2. The number of anilines is 3. The van der Waals surface area contributed by atoms with Crippen LogP contribution in [0.25, 0.3) is 22.1 Å². The van der Waals surface area contributed by atoms with Gasteiger partial charge in [0.25, 0.3) is 17.4 Å². The van der Waals surface area contributed by atoms with Crippen molar-refractivity contribution in [3.8, 4) is 0 Å². The van der Waals surface area contributed by atoms with Crippen molar-refractivity contribution < 1.29 is 87.5 Å². The Hall–Kier alpha value is -12.9. The summed E-state index contributed by atoms with van der Waals surface area (Å²) in [6.07, 6.45) is -3.65. The first kappa shape index (κ1) is 80.4. The SMILES string of the molecule is CC(=NNC(=O)CCN1C(=O)CC(SCC(NC(=O)[C@@H](CC(=O)O)NC(=O)[C@@H](CCCNC(=N)N)NC(=O)[C@H](CC(=O)O)NC(=O)CC[C@H](NC(=O)c2ccc(NCc3cnc4nc(N)[nH]c(=O)c4n3)cc2)C(=O)O)C(=O)O)C1=O)c1ccc(C(=O)N[C@H](C(=O)Nc2ccc3[nH]c(C)cc3c2)C(C)C)cc1. The number of H-pyrrole nitrogens is 2. The van der Waals surface area contributed by atoms with E-state index >= 15 is 0 Å². The molecule has 3 aromatic heterocycles. The molecular formula is C66H78N20O19S. The highest BCUT2D eigenvalue weighted by Crippen LogP contribution is 2.27. The number of carbonyl (C=O) groups is 14. The number of thioether (sulfide) groups is 1. The zero-order valence-electron chi connectivity index (χ0n) is 57.3. The number of aromatic amines is 2. The standard InChI is InChI=1S/C66H78N20O19S/c1-30(2)52(60(99)75-38-15-16-40-36(23-38)22-31(3)73-40)81-56(95)34-9-7-33(8-10-34)32(4)84-85-48(88)19-21-86-49(89)26-46(62(86)101)106-29-45(64(104)105)80-59(98)44(25-51(92)93)79-57(96)41(6-5-20-70-65(67)68)77-58(97)43(24-50(90)91)76-47(87)18-17-42(63(102)103)78-55(94)35-11-13-37(14-12-35)71-27-39-28-72-54-53(74-39)61(100)83-66(69)82-54/h7-16,22-23,28,30,41-46,52,71,73H,5-6,17-21,24-27,29H2,1-4H3,(H,75,99)(H,76,87)(H,77,97)(H,78,94)(H,79,96)(H,80,98)(H,81,95)(H,85,88)(H,90,91)(H,92,93)(H,102,103)(H,104,105)(H4,67,68,70)(H3,69,72,82,83,100)/t41-,42+,43+,44-,45?,46?,52+/m1/s1. The normalized spacial score (nSPS) is 14.5. The van der Waals surface area contributed by atoms with Crippen molar-refractivity contribution in [1.82, 2.24) is 72.5 Å². The van der Waals surface area contributed by atoms with Gasteiger partial charge >= 0.3 is 23.9 Å². The van der Waals surface area contributed by atoms with Crippen LogP contribution in [0.15, 0.2) is 88.9 Å². The van der Waals surface area contributed by atoms with Crippen LogP contribution in [-0.4, -0.2) is 205 Å². The number of hydrogen-bond acceptors (Lipinski definition) is 23. The smallest absolute Gasteiger partial charge is 0.327 e. The largest absolute Gasteiger partial charge is 0.481 e. The Morgan fingerprint density at radius 1 is 0.689 bits per heavy atom. The fraction of sp³-hybridized carbons (Fsp3) is 0.364. The lowest BCUT2D eigenvalue weighted by molar-refractivity contribution is -0.143. The zero-order valence-corrected chi connectivity index (χ0v) is 58.1. The number of aryl methyl sites for hydroxylation is 1. The number of carbonyl (C=O) groups excluding carboxylic acids is 10. The molecule has 1 fully saturated rings. The summed E-state index contributed by atoms with van der Waals surface area (Å²) >= 11 is 0.633. The maximum absolute atomic E-state index is 14.0. The van der Waals surface area contributed by atoms with E-state index in [4.69, 9.17) is 16.9 Å². The number of nitrogens with two attached hydrogens (primary N) is 2. The Labute approximate surface area is 605 Å². The number of nitrogen functional groups attached to an aromatic ring is 1. The number of hydrazone groups is 1. The first-order valence-corrected chi connectivity index (χ1v) is 33.7. The average molecular weight is 1490 g/mol. The van der Waals surface area contributed by atoms with Gasteiger partial charge in [-0.05, 0) is 105 Å². The fourth-order valence-electron chi connectivity index (χ4n) is 10.5. The van der Waals surface area contributed by atoms with Gasteiger partial charge < -0.3 is 84.7 Å². The van der Waals surface area contributed by atoms with E-state index in [0.717, 1.165) is 21.5 Å². The number of nitrogens with zero attached hydrogens (tertiary/aromatic N) is 5. The van der Waals surface area contributed by atoms with Gasteiger partial charge in [-0.15, -0.1) is 11.8 Å². The van der Waals surface area contributed by atoms with Crippen LogP contribution >= 0.6 is 11.8 Å². The molecule has 1 saturated heterocycles. The minimum atomic E-state index is -2.09. The van der Waals surface area contributed by atoms with E-state index in [2.05, 4.69) is 83.3 Å². The number of imide groups is 1. The van der Waals surface area contributed by atoms with Crippen LogP contribution in [0.2, 0.25) is 0 Å². The summed E-state index contributed by atoms with van der Waals surface area (Å²) in [6, 6.07) is 8.81. The molecule has 1 aliphatic heterocycles. The number of aliphatic carboxylic acids is 4.